The molecule has 5 nitrogen and oxygen atoms in total. The first-order valence-corrected chi connectivity index (χ1v) is 10.3. The molecule has 1 heterocycles. The van der Waals surface area contributed by atoms with Crippen LogP contribution in [0, 0.1) is 33.6 Å². The third-order valence-electron chi connectivity index (χ3n) is 5.76. The Kier molecular flexibility index (Phi) is 6.70. The molecule has 29 heavy (non-hydrogen) atoms. The highest BCUT2D eigenvalue weighted by atomic mass is 16.2. The number of hydrogen-bond acceptors (Lipinski definition) is 3. The number of amides is 2. The van der Waals surface area contributed by atoms with Gasteiger partial charge in [-0.1, -0.05) is 23.8 Å². The quantitative estimate of drug-likeness (QED) is 0.800. The van der Waals surface area contributed by atoms with Gasteiger partial charge in [-0.3, -0.25) is 14.5 Å². The Bertz CT molecular complexity index is 899. The van der Waals surface area contributed by atoms with E-state index in [-0.39, 0.29) is 17.7 Å². The van der Waals surface area contributed by atoms with Crippen molar-refractivity contribution >= 4 is 23.2 Å². The number of carbonyl (C=O) groups is 2. The van der Waals surface area contributed by atoms with E-state index < -0.39 is 0 Å². The van der Waals surface area contributed by atoms with Crippen molar-refractivity contribution in [1.29, 1.82) is 0 Å². The predicted molar refractivity (Wildman–Crippen MR) is 118 cm³/mol. The lowest BCUT2D eigenvalue weighted by atomic mass is 9.95. The van der Waals surface area contributed by atoms with E-state index in [1.165, 1.54) is 16.7 Å². The van der Waals surface area contributed by atoms with Gasteiger partial charge in [0, 0.05) is 17.3 Å². The van der Waals surface area contributed by atoms with Crippen molar-refractivity contribution in [3.8, 4) is 0 Å². The topological polar surface area (TPSA) is 61.4 Å². The summed E-state index contributed by atoms with van der Waals surface area (Å²) in [5, 5.41) is 6.04. The van der Waals surface area contributed by atoms with Crippen LogP contribution in [0.2, 0.25) is 0 Å². The molecule has 2 amide bonds. The molecule has 1 saturated heterocycles. The van der Waals surface area contributed by atoms with Crippen molar-refractivity contribution in [1.82, 2.24) is 4.90 Å². The number of nitrogens with zero attached hydrogens (tertiary/aromatic N) is 1. The second kappa shape index (κ2) is 9.23. The number of carbonyl (C=O) groups excluding carboxylic acids is 2. The van der Waals surface area contributed by atoms with E-state index >= 15 is 0 Å². The van der Waals surface area contributed by atoms with Crippen LogP contribution in [0.3, 0.4) is 0 Å². The van der Waals surface area contributed by atoms with Gasteiger partial charge in [0.1, 0.15) is 0 Å². The van der Waals surface area contributed by atoms with Crippen LogP contribution in [0.4, 0.5) is 11.4 Å². The van der Waals surface area contributed by atoms with Gasteiger partial charge in [0.25, 0.3) is 0 Å². The number of rotatable bonds is 5. The van der Waals surface area contributed by atoms with Gasteiger partial charge in [-0.15, -0.1) is 0 Å². The molecule has 0 aliphatic carbocycles. The minimum absolute atomic E-state index is 0.00439. The molecule has 2 aromatic carbocycles. The SMILES string of the molecule is Cc1ccc(NC(=O)CN2CCC(C(=O)Nc3ccc(C)c(C)c3)CC2)c(C)c1. The number of hydrogen-bond donors (Lipinski definition) is 2. The summed E-state index contributed by atoms with van der Waals surface area (Å²) in [6, 6.07) is 12.0. The molecule has 2 N–H and O–H groups in total. The summed E-state index contributed by atoms with van der Waals surface area (Å²) in [5.41, 5.74) is 6.36. The van der Waals surface area contributed by atoms with Crippen molar-refractivity contribution in [2.24, 2.45) is 5.92 Å². The first-order valence-electron chi connectivity index (χ1n) is 10.3. The molecule has 0 atom stereocenters. The lowest BCUT2D eigenvalue weighted by Crippen LogP contribution is -2.41. The van der Waals surface area contributed by atoms with Gasteiger partial charge in [-0.25, -0.2) is 0 Å². The second-order valence-corrected chi connectivity index (χ2v) is 8.21. The summed E-state index contributed by atoms with van der Waals surface area (Å²) in [7, 11) is 0. The van der Waals surface area contributed by atoms with Crippen LogP contribution in [-0.2, 0) is 9.59 Å². The molecule has 0 bridgehead atoms. The Labute approximate surface area is 173 Å². The van der Waals surface area contributed by atoms with Crippen LogP contribution in [0.1, 0.15) is 35.1 Å². The van der Waals surface area contributed by atoms with E-state index in [4.69, 9.17) is 0 Å². The number of likely N-dealkylation sites (tertiary alicyclic amines) is 1. The van der Waals surface area contributed by atoms with Crippen LogP contribution in [0.5, 0.6) is 0 Å². The van der Waals surface area contributed by atoms with E-state index in [0.717, 1.165) is 42.9 Å². The molecule has 1 fully saturated rings. The van der Waals surface area contributed by atoms with E-state index in [9.17, 15) is 9.59 Å². The Morgan fingerprint density at radius 1 is 0.897 bits per heavy atom. The Morgan fingerprint density at radius 3 is 2.28 bits per heavy atom. The second-order valence-electron chi connectivity index (χ2n) is 8.21. The van der Waals surface area contributed by atoms with Gasteiger partial charge >= 0.3 is 0 Å². The maximum absolute atomic E-state index is 12.6. The molecule has 5 heteroatoms. The number of piperidine rings is 1. The van der Waals surface area contributed by atoms with Crippen LogP contribution in [-0.4, -0.2) is 36.3 Å². The first kappa shape index (κ1) is 21.1. The standard InChI is InChI=1S/C24H31N3O2/c1-16-5-8-22(19(4)13-16)26-23(28)15-27-11-9-20(10-12-27)24(29)25-21-7-6-17(2)18(3)14-21/h5-8,13-14,20H,9-12,15H2,1-4H3,(H,25,29)(H,26,28). The van der Waals surface area contributed by atoms with Gasteiger partial charge in [0.15, 0.2) is 0 Å². The summed E-state index contributed by atoms with van der Waals surface area (Å²) in [5.74, 6) is 0.0675. The summed E-state index contributed by atoms with van der Waals surface area (Å²) in [4.78, 5) is 27.1. The number of anilines is 2. The number of aryl methyl sites for hydroxylation is 4. The lowest BCUT2D eigenvalue weighted by Gasteiger charge is -2.30. The van der Waals surface area contributed by atoms with E-state index in [2.05, 4.69) is 28.5 Å². The molecule has 1 aliphatic rings. The average molecular weight is 394 g/mol. The highest BCUT2D eigenvalue weighted by molar-refractivity contribution is 5.93. The molecule has 0 radical (unpaired) electrons. The zero-order valence-corrected chi connectivity index (χ0v) is 17.8. The summed E-state index contributed by atoms with van der Waals surface area (Å²) < 4.78 is 0. The lowest BCUT2D eigenvalue weighted by molar-refractivity contribution is -0.121. The normalized spacial score (nSPS) is 15.2. The highest BCUT2D eigenvalue weighted by Gasteiger charge is 2.26. The van der Waals surface area contributed by atoms with E-state index in [0.29, 0.717) is 6.54 Å². The third kappa shape index (κ3) is 5.67. The molecular weight excluding hydrogens is 362 g/mol. The van der Waals surface area contributed by atoms with Crippen LogP contribution < -0.4 is 10.6 Å². The molecule has 0 saturated carbocycles. The van der Waals surface area contributed by atoms with Crippen LogP contribution in [0.15, 0.2) is 36.4 Å². The third-order valence-corrected chi connectivity index (χ3v) is 5.76. The largest absolute Gasteiger partial charge is 0.326 e. The monoisotopic (exact) mass is 393 g/mol. The number of nitrogens with one attached hydrogen (secondary N) is 2. The molecule has 2 aromatic rings. The molecule has 154 valence electrons. The Hall–Kier alpha value is -2.66. The van der Waals surface area contributed by atoms with Gasteiger partial charge in [-0.05, 0) is 88.5 Å². The minimum Gasteiger partial charge on any atom is -0.326 e. The van der Waals surface area contributed by atoms with Crippen molar-refractivity contribution in [3.05, 3.63) is 58.7 Å². The highest BCUT2D eigenvalue weighted by Crippen LogP contribution is 2.21. The molecule has 1 aliphatic heterocycles. The average Bonchev–Trinajstić information content (AvgIpc) is 2.67. The van der Waals surface area contributed by atoms with Crippen molar-refractivity contribution < 1.29 is 9.59 Å². The fourth-order valence-electron chi connectivity index (χ4n) is 3.76. The Balaban J connectivity index is 1.46. The predicted octanol–water partition coefficient (Wildman–Crippen LogP) is 4.21. The zero-order chi connectivity index (χ0) is 21.0. The smallest absolute Gasteiger partial charge is 0.238 e. The maximum atomic E-state index is 12.6. The Morgan fingerprint density at radius 2 is 1.62 bits per heavy atom. The van der Waals surface area contributed by atoms with Gasteiger partial charge in [0.2, 0.25) is 11.8 Å². The molecular formula is C24H31N3O2. The zero-order valence-electron chi connectivity index (χ0n) is 17.8. The van der Waals surface area contributed by atoms with Gasteiger partial charge in [-0.2, -0.15) is 0 Å². The summed E-state index contributed by atoms with van der Waals surface area (Å²) in [6.07, 6.45) is 1.54. The molecule has 0 aromatic heterocycles. The van der Waals surface area contributed by atoms with Crippen LogP contribution >= 0.6 is 0 Å². The summed E-state index contributed by atoms with van der Waals surface area (Å²) in [6.45, 7) is 10.0. The van der Waals surface area contributed by atoms with E-state index in [1.54, 1.807) is 0 Å². The first-order chi connectivity index (χ1) is 13.8. The van der Waals surface area contributed by atoms with Crippen molar-refractivity contribution in [3.63, 3.8) is 0 Å². The molecule has 3 rings (SSSR count). The maximum Gasteiger partial charge on any atom is 0.238 e. The van der Waals surface area contributed by atoms with Crippen molar-refractivity contribution in [2.75, 3.05) is 30.3 Å². The summed E-state index contributed by atoms with van der Waals surface area (Å²) >= 11 is 0. The van der Waals surface area contributed by atoms with Gasteiger partial charge < -0.3 is 10.6 Å². The molecule has 0 unspecified atom stereocenters. The van der Waals surface area contributed by atoms with Gasteiger partial charge in [0.05, 0.1) is 6.54 Å². The fraction of sp³-hybridized carbons (Fsp3) is 0.417. The minimum atomic E-state index is -0.00464. The van der Waals surface area contributed by atoms with Crippen molar-refractivity contribution in [2.45, 2.75) is 40.5 Å². The van der Waals surface area contributed by atoms with E-state index in [1.807, 2.05) is 51.1 Å². The molecule has 0 spiro atoms. The van der Waals surface area contributed by atoms with Crippen LogP contribution in [0.25, 0.3) is 0 Å². The fourth-order valence-corrected chi connectivity index (χ4v) is 3.76. The number of benzene rings is 2.